The molecule has 0 aliphatic heterocycles. The summed E-state index contributed by atoms with van der Waals surface area (Å²) in [4.78, 5) is 8.35. The quantitative estimate of drug-likeness (QED) is 0.942. The highest BCUT2D eigenvalue weighted by atomic mass is 35.5. The summed E-state index contributed by atoms with van der Waals surface area (Å²) >= 11 is 5.80. The van der Waals surface area contributed by atoms with Gasteiger partial charge in [-0.25, -0.2) is 18.4 Å². The highest BCUT2D eigenvalue weighted by Gasteiger charge is 2.15. The fraction of sp³-hybridized carbons (Fsp3) is 0.231. The number of anilines is 1. The van der Waals surface area contributed by atoms with Crippen molar-refractivity contribution in [2.24, 2.45) is 0 Å². The molecule has 0 radical (unpaired) electrons. The summed E-state index contributed by atoms with van der Waals surface area (Å²) in [5.74, 6) is 0.936. The van der Waals surface area contributed by atoms with Gasteiger partial charge in [0.25, 0.3) is 10.0 Å². The van der Waals surface area contributed by atoms with Crippen LogP contribution in [0.1, 0.15) is 25.6 Å². The fourth-order valence-corrected chi connectivity index (χ4v) is 2.84. The molecule has 2 rings (SSSR count). The average molecular weight is 312 g/mol. The van der Waals surface area contributed by atoms with E-state index >= 15 is 0 Å². The molecule has 1 aromatic carbocycles. The van der Waals surface area contributed by atoms with E-state index in [1.807, 2.05) is 13.8 Å². The van der Waals surface area contributed by atoms with Crippen LogP contribution in [0.15, 0.2) is 41.4 Å². The van der Waals surface area contributed by atoms with Gasteiger partial charge < -0.3 is 0 Å². The van der Waals surface area contributed by atoms with Crippen LogP contribution in [0, 0.1) is 0 Å². The Morgan fingerprint density at radius 2 is 2.00 bits per heavy atom. The Bertz CT molecular complexity index is 717. The molecule has 1 N–H and O–H groups in total. The molecule has 7 heteroatoms. The number of hydrogen-bond acceptors (Lipinski definition) is 4. The second-order valence-corrected chi connectivity index (χ2v) is 6.64. The number of halogens is 1. The predicted octanol–water partition coefficient (Wildman–Crippen LogP) is 3.05. The Morgan fingerprint density at radius 1 is 1.25 bits per heavy atom. The van der Waals surface area contributed by atoms with Gasteiger partial charge in [0.1, 0.15) is 11.6 Å². The summed E-state index contributed by atoms with van der Waals surface area (Å²) in [5, 5.41) is 0.360. The fourth-order valence-electron chi connectivity index (χ4n) is 1.54. The van der Waals surface area contributed by atoms with E-state index in [1.165, 1.54) is 24.4 Å². The monoisotopic (exact) mass is 311 g/mol. The summed E-state index contributed by atoms with van der Waals surface area (Å²) in [6, 6.07) is 7.56. The first kappa shape index (κ1) is 14.7. The van der Waals surface area contributed by atoms with Gasteiger partial charge in [-0.2, -0.15) is 0 Å². The molecule has 0 aliphatic rings. The van der Waals surface area contributed by atoms with Crippen molar-refractivity contribution >= 4 is 27.4 Å². The van der Waals surface area contributed by atoms with Gasteiger partial charge in [0.15, 0.2) is 0 Å². The Balaban J connectivity index is 2.31. The average Bonchev–Trinajstić information content (AvgIpc) is 2.38. The molecule has 0 bridgehead atoms. The van der Waals surface area contributed by atoms with E-state index in [4.69, 9.17) is 11.6 Å². The number of nitrogens with one attached hydrogen (secondary N) is 1. The lowest BCUT2D eigenvalue weighted by Gasteiger charge is -2.09. The van der Waals surface area contributed by atoms with Crippen molar-refractivity contribution in [3.8, 4) is 0 Å². The zero-order valence-corrected chi connectivity index (χ0v) is 12.6. The van der Waals surface area contributed by atoms with E-state index in [2.05, 4.69) is 14.7 Å². The zero-order valence-electron chi connectivity index (χ0n) is 11.0. The number of aromatic nitrogens is 2. The summed E-state index contributed by atoms with van der Waals surface area (Å²) in [5.41, 5.74) is 0. The lowest BCUT2D eigenvalue weighted by atomic mass is 10.2. The Hall–Kier alpha value is -1.66. The van der Waals surface area contributed by atoms with Gasteiger partial charge in [-0.1, -0.05) is 31.5 Å². The smallest absolute Gasteiger partial charge is 0.263 e. The van der Waals surface area contributed by atoms with Crippen LogP contribution in [0.3, 0.4) is 0 Å². The molecule has 0 saturated carbocycles. The van der Waals surface area contributed by atoms with Crippen LogP contribution >= 0.6 is 11.6 Å². The van der Waals surface area contributed by atoms with Crippen LogP contribution in [-0.2, 0) is 10.0 Å². The Kier molecular flexibility index (Phi) is 4.25. The second kappa shape index (κ2) is 5.76. The van der Waals surface area contributed by atoms with Gasteiger partial charge in [-0.05, 0) is 24.3 Å². The van der Waals surface area contributed by atoms with Crippen molar-refractivity contribution in [3.63, 3.8) is 0 Å². The maximum absolute atomic E-state index is 12.2. The van der Waals surface area contributed by atoms with E-state index in [0.717, 1.165) is 0 Å². The zero-order chi connectivity index (χ0) is 14.8. The molecule has 0 spiro atoms. The van der Waals surface area contributed by atoms with Gasteiger partial charge >= 0.3 is 0 Å². The molecule has 106 valence electrons. The molecule has 0 saturated heterocycles. The lowest BCUT2D eigenvalue weighted by Crippen LogP contribution is -2.14. The largest absolute Gasteiger partial charge is 0.263 e. The van der Waals surface area contributed by atoms with Crippen LogP contribution in [0.2, 0.25) is 5.02 Å². The van der Waals surface area contributed by atoms with Crippen molar-refractivity contribution < 1.29 is 8.42 Å². The number of rotatable bonds is 4. The molecule has 0 unspecified atom stereocenters. The van der Waals surface area contributed by atoms with Gasteiger partial charge in [-0.15, -0.1) is 0 Å². The number of nitrogens with zero attached hydrogens (tertiary/aromatic N) is 2. The SMILES string of the molecule is CC(C)c1nccc(NS(=O)(=O)c2cccc(Cl)c2)n1. The molecule has 2 aromatic rings. The molecule has 20 heavy (non-hydrogen) atoms. The first-order chi connectivity index (χ1) is 9.38. The lowest BCUT2D eigenvalue weighted by molar-refractivity contribution is 0.601. The standard InChI is InChI=1S/C13H14ClN3O2S/c1-9(2)13-15-7-6-12(16-13)17-20(18,19)11-5-3-4-10(14)8-11/h3-9H,1-2H3,(H,15,16,17). The van der Waals surface area contributed by atoms with Gasteiger partial charge in [-0.3, -0.25) is 4.72 Å². The number of sulfonamides is 1. The number of hydrogen-bond donors (Lipinski definition) is 1. The van der Waals surface area contributed by atoms with Gasteiger partial charge in [0.2, 0.25) is 0 Å². The van der Waals surface area contributed by atoms with Crippen LogP contribution < -0.4 is 4.72 Å². The minimum atomic E-state index is -3.70. The molecular formula is C13H14ClN3O2S. The minimum absolute atomic E-state index is 0.0923. The molecule has 0 atom stereocenters. The summed E-state index contributed by atoms with van der Waals surface area (Å²) in [7, 11) is -3.70. The molecule has 0 fully saturated rings. The van der Waals surface area contributed by atoms with Crippen LogP contribution in [0.25, 0.3) is 0 Å². The second-order valence-electron chi connectivity index (χ2n) is 4.52. The molecule has 1 heterocycles. The third kappa shape index (κ3) is 3.46. The van der Waals surface area contributed by atoms with Crippen molar-refractivity contribution in [1.82, 2.24) is 9.97 Å². The van der Waals surface area contributed by atoms with E-state index in [1.54, 1.807) is 12.1 Å². The van der Waals surface area contributed by atoms with Crippen molar-refractivity contribution in [2.75, 3.05) is 4.72 Å². The predicted molar refractivity (Wildman–Crippen MR) is 78.4 cm³/mol. The summed E-state index contributed by atoms with van der Waals surface area (Å²) in [6.45, 7) is 3.87. The van der Waals surface area contributed by atoms with Crippen LogP contribution in [0.5, 0.6) is 0 Å². The van der Waals surface area contributed by atoms with E-state index in [0.29, 0.717) is 10.8 Å². The van der Waals surface area contributed by atoms with Gasteiger partial charge in [0, 0.05) is 17.1 Å². The number of benzene rings is 1. The minimum Gasteiger partial charge on any atom is -0.263 e. The van der Waals surface area contributed by atoms with Gasteiger partial charge in [0.05, 0.1) is 4.90 Å². The Labute approximate surface area is 123 Å². The molecular weight excluding hydrogens is 298 g/mol. The first-order valence-corrected chi connectivity index (χ1v) is 7.86. The summed E-state index contributed by atoms with van der Waals surface area (Å²) in [6.07, 6.45) is 1.53. The highest BCUT2D eigenvalue weighted by molar-refractivity contribution is 7.92. The van der Waals surface area contributed by atoms with Crippen LogP contribution in [0.4, 0.5) is 5.82 Å². The maximum atomic E-state index is 12.2. The molecule has 0 aliphatic carbocycles. The molecule has 0 amide bonds. The third-order valence-electron chi connectivity index (χ3n) is 2.54. The normalized spacial score (nSPS) is 11.6. The van der Waals surface area contributed by atoms with Crippen molar-refractivity contribution in [2.45, 2.75) is 24.7 Å². The topological polar surface area (TPSA) is 72.0 Å². The third-order valence-corrected chi connectivity index (χ3v) is 4.12. The molecule has 1 aromatic heterocycles. The van der Waals surface area contributed by atoms with Crippen LogP contribution in [-0.4, -0.2) is 18.4 Å². The molecule has 5 nitrogen and oxygen atoms in total. The van der Waals surface area contributed by atoms with E-state index in [9.17, 15) is 8.42 Å². The van der Waals surface area contributed by atoms with E-state index in [-0.39, 0.29) is 16.6 Å². The van der Waals surface area contributed by atoms with E-state index < -0.39 is 10.0 Å². The summed E-state index contributed by atoms with van der Waals surface area (Å²) < 4.78 is 26.8. The van der Waals surface area contributed by atoms with Crippen molar-refractivity contribution in [1.29, 1.82) is 0 Å². The maximum Gasteiger partial charge on any atom is 0.263 e. The highest BCUT2D eigenvalue weighted by Crippen LogP contribution is 2.19. The Morgan fingerprint density at radius 3 is 2.65 bits per heavy atom. The first-order valence-electron chi connectivity index (χ1n) is 6.00. The van der Waals surface area contributed by atoms with Crippen molar-refractivity contribution in [3.05, 3.63) is 47.4 Å².